The zero-order valence-electron chi connectivity index (χ0n) is 31.6. The summed E-state index contributed by atoms with van der Waals surface area (Å²) in [6, 6.07) is 15.2. The van der Waals surface area contributed by atoms with Crippen LogP contribution in [-0.4, -0.2) is 87.5 Å². The molecule has 2 aliphatic heterocycles. The predicted molar refractivity (Wildman–Crippen MR) is 196 cm³/mol. The van der Waals surface area contributed by atoms with Crippen molar-refractivity contribution >= 4 is 39.4 Å². The van der Waals surface area contributed by atoms with Crippen molar-refractivity contribution in [1.82, 2.24) is 10.6 Å². The van der Waals surface area contributed by atoms with E-state index in [2.05, 4.69) is 15.4 Å². The maximum absolute atomic E-state index is 13.1. The Hall–Kier alpha value is -3.50. The fraction of sp³-hybridized carbons (Fsp3) is 0.556. The average Bonchev–Trinajstić information content (AvgIpc) is 3.14. The van der Waals surface area contributed by atoms with E-state index in [9.17, 15) is 33.2 Å². The molecule has 2 fully saturated rings. The third kappa shape index (κ3) is 13.6. The van der Waals surface area contributed by atoms with Crippen LogP contribution < -0.4 is 10.6 Å². The zero-order valence-corrected chi connectivity index (χ0v) is 33.4. The molecule has 0 bridgehead atoms. The fourth-order valence-electron chi connectivity index (χ4n) is 5.43. The summed E-state index contributed by atoms with van der Waals surface area (Å²) in [7, 11) is -7.09. The Kier molecular flexibility index (Phi) is 15.7. The van der Waals surface area contributed by atoms with Gasteiger partial charge >= 0.3 is 27.6 Å². The molecule has 0 radical (unpaired) electrons. The van der Waals surface area contributed by atoms with Crippen molar-refractivity contribution in [2.24, 2.45) is 10.8 Å². The van der Waals surface area contributed by atoms with E-state index in [4.69, 9.17) is 32.1 Å². The molecule has 2 aromatic rings. The molecule has 0 aromatic heterocycles. The molecule has 17 nitrogen and oxygen atoms in total. The van der Waals surface area contributed by atoms with Crippen LogP contribution in [0.4, 0.5) is 0 Å². The second kappa shape index (κ2) is 19.6. The second-order valence-electron chi connectivity index (χ2n) is 14.4. The standard InChI is InChI=1S/C36H50N2O15P2/c1-35(2)23-50-54(43,44)52-31(35)33(41)38-16-14-30(40)48-22-26-10-7-12-28(20-26)27-11-6-9-25(19-27)21-47-17-8-18-49-55(45)51-24-36(3,4)32(53-55)34(42)37-15-13-29(39)46-5/h6-7,9-12,19-20,31-32H,8,13-18,21-24H2,1-5H3,(H,37,42)(H,38,41)(H,43,44)/t31-,32-,55?/m0/s1. The van der Waals surface area contributed by atoms with Crippen LogP contribution in [0.15, 0.2) is 48.5 Å². The summed E-state index contributed by atoms with van der Waals surface area (Å²) in [5, 5.41) is 5.15. The van der Waals surface area contributed by atoms with Gasteiger partial charge in [-0.15, -0.1) is 0 Å². The summed E-state index contributed by atoms with van der Waals surface area (Å²) in [5.74, 6) is -2.17. The number of carbonyl (C=O) groups excluding carboxylic acids is 4. The minimum atomic E-state index is -4.32. The van der Waals surface area contributed by atoms with Gasteiger partial charge in [0.05, 0.1) is 46.4 Å². The van der Waals surface area contributed by atoms with Gasteiger partial charge in [0.25, 0.3) is 0 Å². The minimum absolute atomic E-state index is 0.00120. The molecule has 2 aromatic carbocycles. The lowest BCUT2D eigenvalue weighted by Gasteiger charge is -2.39. The lowest BCUT2D eigenvalue weighted by Crippen LogP contribution is -2.50. The molecule has 2 heterocycles. The SMILES string of the molecule is COC(=O)CCNC(=O)[C@@H]1OP(=O)(OCCCOCc2cccc(-c3cccc(COC(=O)CCNC(=O)[C@@H]4OP(=O)(O)OCC4(C)C)c3)c2)OCC1(C)C. The van der Waals surface area contributed by atoms with E-state index in [0.29, 0.717) is 13.0 Å². The topological polar surface area (TPSA) is 221 Å². The van der Waals surface area contributed by atoms with Gasteiger partial charge in [-0.05, 0) is 40.8 Å². The normalized spacial score (nSPS) is 24.3. The van der Waals surface area contributed by atoms with Crippen LogP contribution in [0.1, 0.15) is 58.1 Å². The summed E-state index contributed by atoms with van der Waals surface area (Å²) >= 11 is 0. The van der Waals surface area contributed by atoms with Crippen molar-refractivity contribution in [3.8, 4) is 11.1 Å². The highest BCUT2D eigenvalue weighted by Crippen LogP contribution is 2.57. The molecule has 0 spiro atoms. The van der Waals surface area contributed by atoms with E-state index >= 15 is 0 Å². The molecular formula is C36H50N2O15P2. The van der Waals surface area contributed by atoms with E-state index < -0.39 is 62.4 Å². The van der Waals surface area contributed by atoms with Crippen LogP contribution in [0.25, 0.3) is 11.1 Å². The van der Waals surface area contributed by atoms with Crippen molar-refractivity contribution in [2.75, 3.05) is 46.6 Å². The van der Waals surface area contributed by atoms with Crippen molar-refractivity contribution in [1.29, 1.82) is 0 Å². The van der Waals surface area contributed by atoms with Crippen LogP contribution in [0.3, 0.4) is 0 Å². The number of ether oxygens (including phenoxy) is 3. The van der Waals surface area contributed by atoms with Crippen molar-refractivity contribution in [2.45, 2.75) is 72.4 Å². The first kappa shape index (κ1) is 44.2. The Labute approximate surface area is 320 Å². The summed E-state index contributed by atoms with van der Waals surface area (Å²) in [6.45, 7) is 7.22. The van der Waals surface area contributed by atoms with Gasteiger partial charge in [-0.25, -0.2) is 9.13 Å². The van der Waals surface area contributed by atoms with Gasteiger partial charge in [-0.1, -0.05) is 64.1 Å². The van der Waals surface area contributed by atoms with Crippen LogP contribution in [0.5, 0.6) is 0 Å². The van der Waals surface area contributed by atoms with Gasteiger partial charge in [0.1, 0.15) is 6.61 Å². The number of hydrogen-bond acceptors (Lipinski definition) is 14. The van der Waals surface area contributed by atoms with Gasteiger partial charge in [0, 0.05) is 30.5 Å². The number of phosphoric acid groups is 2. The average molecular weight is 813 g/mol. The third-order valence-corrected chi connectivity index (χ3v) is 10.9. The molecule has 304 valence electrons. The Bertz CT molecular complexity index is 1770. The predicted octanol–water partition coefficient (Wildman–Crippen LogP) is 4.60. The van der Waals surface area contributed by atoms with Crippen LogP contribution in [0.2, 0.25) is 0 Å². The largest absolute Gasteiger partial charge is 0.475 e. The Balaban J connectivity index is 1.17. The Morgan fingerprint density at radius 1 is 0.782 bits per heavy atom. The summed E-state index contributed by atoms with van der Waals surface area (Å²) in [5.41, 5.74) is 1.84. The highest BCUT2D eigenvalue weighted by atomic mass is 31.2. The van der Waals surface area contributed by atoms with Gasteiger partial charge in [0.2, 0.25) is 11.8 Å². The number of carbonyl (C=O) groups is 4. The first-order valence-corrected chi connectivity index (χ1v) is 20.6. The highest BCUT2D eigenvalue weighted by molar-refractivity contribution is 7.48. The van der Waals surface area contributed by atoms with Crippen LogP contribution in [0, 0.1) is 10.8 Å². The molecular weight excluding hydrogens is 762 g/mol. The van der Waals surface area contributed by atoms with Crippen molar-refractivity contribution < 1.29 is 70.0 Å². The minimum Gasteiger partial charge on any atom is -0.469 e. The molecule has 0 aliphatic carbocycles. The van der Waals surface area contributed by atoms with Gasteiger partial charge in [-0.2, -0.15) is 0 Å². The molecule has 55 heavy (non-hydrogen) atoms. The number of benzene rings is 2. The van der Waals surface area contributed by atoms with Gasteiger partial charge in [0.15, 0.2) is 12.2 Å². The van der Waals surface area contributed by atoms with E-state index in [1.54, 1.807) is 27.7 Å². The highest BCUT2D eigenvalue weighted by Gasteiger charge is 2.49. The lowest BCUT2D eigenvalue weighted by atomic mass is 9.87. The molecule has 2 unspecified atom stereocenters. The van der Waals surface area contributed by atoms with E-state index in [1.165, 1.54) is 7.11 Å². The zero-order chi connectivity index (χ0) is 40.3. The number of esters is 2. The maximum atomic E-state index is 13.1. The van der Waals surface area contributed by atoms with Crippen LogP contribution in [-0.2, 0) is 78.4 Å². The smallest absolute Gasteiger partial charge is 0.469 e. The summed E-state index contributed by atoms with van der Waals surface area (Å²) in [6.07, 6.45) is -2.09. The van der Waals surface area contributed by atoms with Gasteiger partial charge in [-0.3, -0.25) is 41.8 Å². The first-order chi connectivity index (χ1) is 25.9. The molecule has 3 N–H and O–H groups in total. The molecule has 2 amide bonds. The van der Waals surface area contributed by atoms with Crippen molar-refractivity contribution in [3.05, 3.63) is 59.7 Å². The Morgan fingerprint density at radius 3 is 1.93 bits per heavy atom. The quantitative estimate of drug-likeness (QED) is 0.106. The number of methoxy groups -OCH3 is 1. The van der Waals surface area contributed by atoms with E-state index in [1.807, 2.05) is 48.5 Å². The third-order valence-electron chi connectivity index (χ3n) is 8.59. The monoisotopic (exact) mass is 812 g/mol. The summed E-state index contributed by atoms with van der Waals surface area (Å²) < 4.78 is 66.8. The number of hydrogen-bond donors (Lipinski definition) is 3. The van der Waals surface area contributed by atoms with E-state index in [-0.39, 0.29) is 59.0 Å². The molecule has 4 atom stereocenters. The van der Waals surface area contributed by atoms with Gasteiger partial charge < -0.3 is 29.7 Å². The number of amides is 2. The number of nitrogens with one attached hydrogen (secondary N) is 2. The second-order valence-corrected chi connectivity index (χ2v) is 17.4. The molecule has 4 rings (SSSR count). The number of rotatable bonds is 18. The molecule has 19 heteroatoms. The number of phosphoric ester groups is 2. The summed E-state index contributed by atoms with van der Waals surface area (Å²) in [4.78, 5) is 58.7. The molecule has 2 saturated heterocycles. The van der Waals surface area contributed by atoms with E-state index in [0.717, 1.165) is 22.3 Å². The molecule has 2 aliphatic rings. The van der Waals surface area contributed by atoms with Crippen LogP contribution >= 0.6 is 15.6 Å². The Morgan fingerprint density at radius 2 is 1.33 bits per heavy atom. The lowest BCUT2D eigenvalue weighted by molar-refractivity contribution is -0.146. The van der Waals surface area contributed by atoms with Crippen molar-refractivity contribution in [3.63, 3.8) is 0 Å². The maximum Gasteiger partial charge on any atom is 0.475 e. The fourth-order valence-corrected chi connectivity index (χ4v) is 8.32. The molecule has 0 saturated carbocycles. The first-order valence-electron chi connectivity index (χ1n) is 17.7.